The Kier molecular flexibility index (Phi) is 4.61. The van der Waals surface area contributed by atoms with Crippen LogP contribution in [0.15, 0.2) is 36.7 Å². The molecule has 3 aromatic rings. The maximum absolute atomic E-state index is 12.3. The number of nitrogens with one attached hydrogen (secondary N) is 1. The summed E-state index contributed by atoms with van der Waals surface area (Å²) in [4.78, 5) is 16.7. The highest BCUT2D eigenvalue weighted by Crippen LogP contribution is 2.16. The lowest BCUT2D eigenvalue weighted by Crippen LogP contribution is -2.28. The molecule has 3 rings (SSSR count). The molecule has 0 unspecified atom stereocenters. The summed E-state index contributed by atoms with van der Waals surface area (Å²) in [6.07, 6.45) is 2.69. The fourth-order valence-electron chi connectivity index (χ4n) is 2.99. The molecule has 0 saturated carbocycles. The van der Waals surface area contributed by atoms with E-state index in [1.807, 2.05) is 42.2 Å². The van der Waals surface area contributed by atoms with Crippen LogP contribution in [-0.4, -0.2) is 31.8 Å². The number of imidazole rings is 1. The van der Waals surface area contributed by atoms with Gasteiger partial charge in [-0.3, -0.25) is 9.48 Å². The number of fused-ring (bicyclic) bond motifs is 1. The summed E-state index contributed by atoms with van der Waals surface area (Å²) in [7, 11) is 0. The number of aryl methyl sites for hydroxylation is 2. The van der Waals surface area contributed by atoms with Crippen molar-refractivity contribution < 1.29 is 4.79 Å². The van der Waals surface area contributed by atoms with E-state index in [2.05, 4.69) is 46.8 Å². The molecule has 6 nitrogen and oxygen atoms in total. The highest BCUT2D eigenvalue weighted by atomic mass is 16.1. The Hall–Kier alpha value is -2.63. The van der Waals surface area contributed by atoms with E-state index in [1.54, 1.807) is 0 Å². The molecule has 0 fully saturated rings. The lowest BCUT2D eigenvalue weighted by Gasteiger charge is -2.21. The Labute approximate surface area is 147 Å². The van der Waals surface area contributed by atoms with E-state index < -0.39 is 0 Å². The summed E-state index contributed by atoms with van der Waals surface area (Å²) in [6, 6.07) is 9.89. The van der Waals surface area contributed by atoms with Gasteiger partial charge in [-0.2, -0.15) is 5.10 Å². The number of nitrogens with zero attached hydrogens (tertiary/aromatic N) is 4. The van der Waals surface area contributed by atoms with Crippen molar-refractivity contribution in [3.8, 4) is 0 Å². The van der Waals surface area contributed by atoms with Gasteiger partial charge in [0.15, 0.2) is 0 Å². The zero-order valence-electron chi connectivity index (χ0n) is 15.3. The number of para-hydroxylation sites is 2. The van der Waals surface area contributed by atoms with E-state index in [4.69, 9.17) is 0 Å². The molecule has 1 N–H and O–H groups in total. The minimum Gasteiger partial charge on any atom is -0.351 e. The van der Waals surface area contributed by atoms with Crippen molar-refractivity contribution in [3.05, 3.63) is 48.0 Å². The molecule has 1 aromatic carbocycles. The van der Waals surface area contributed by atoms with Crippen LogP contribution in [0.4, 0.5) is 0 Å². The van der Waals surface area contributed by atoms with Crippen molar-refractivity contribution in [2.75, 3.05) is 6.54 Å². The zero-order valence-corrected chi connectivity index (χ0v) is 15.3. The molecule has 0 saturated heterocycles. The van der Waals surface area contributed by atoms with Gasteiger partial charge in [-0.15, -0.1) is 0 Å². The van der Waals surface area contributed by atoms with Gasteiger partial charge < -0.3 is 9.88 Å². The summed E-state index contributed by atoms with van der Waals surface area (Å²) in [5, 5.41) is 7.39. The molecule has 0 radical (unpaired) electrons. The van der Waals surface area contributed by atoms with Crippen molar-refractivity contribution in [2.24, 2.45) is 0 Å². The molecule has 1 amide bonds. The average Bonchev–Trinajstić information content (AvgIpc) is 3.15. The molecule has 0 aliphatic heterocycles. The Morgan fingerprint density at radius 2 is 2.00 bits per heavy atom. The first-order chi connectivity index (χ1) is 11.9. The first kappa shape index (κ1) is 17.2. The third-order valence-corrected chi connectivity index (χ3v) is 4.14. The normalized spacial score (nSPS) is 11.8. The fraction of sp³-hybridized carbons (Fsp3) is 0.421. The molecule has 0 bridgehead atoms. The second-order valence-corrected chi connectivity index (χ2v) is 7.29. The van der Waals surface area contributed by atoms with Gasteiger partial charge in [0.25, 0.3) is 5.91 Å². The van der Waals surface area contributed by atoms with Gasteiger partial charge in [-0.1, -0.05) is 12.1 Å². The summed E-state index contributed by atoms with van der Waals surface area (Å²) in [5.41, 5.74) is 3.44. The molecule has 2 heterocycles. The van der Waals surface area contributed by atoms with Crippen LogP contribution in [0.25, 0.3) is 11.0 Å². The average molecular weight is 339 g/mol. The molecule has 25 heavy (non-hydrogen) atoms. The Bertz CT molecular complexity index is 885. The fourth-order valence-corrected chi connectivity index (χ4v) is 2.99. The molecule has 2 aromatic heterocycles. The van der Waals surface area contributed by atoms with Gasteiger partial charge in [0, 0.05) is 18.8 Å². The molecule has 0 aliphatic rings. The molecule has 0 spiro atoms. The largest absolute Gasteiger partial charge is 0.351 e. The first-order valence-corrected chi connectivity index (χ1v) is 8.61. The van der Waals surface area contributed by atoms with Crippen LogP contribution in [-0.2, 0) is 12.1 Å². The van der Waals surface area contributed by atoms with E-state index in [9.17, 15) is 4.79 Å². The van der Waals surface area contributed by atoms with E-state index in [0.29, 0.717) is 12.2 Å². The topological polar surface area (TPSA) is 64.7 Å². The number of carbonyl (C=O) groups excluding carboxylic acids is 1. The number of hydrogen-bond donors (Lipinski definition) is 1. The Morgan fingerprint density at radius 1 is 1.24 bits per heavy atom. The third kappa shape index (κ3) is 3.73. The van der Waals surface area contributed by atoms with Crippen LogP contribution in [0, 0.1) is 6.92 Å². The van der Waals surface area contributed by atoms with Crippen LogP contribution in [0.3, 0.4) is 0 Å². The summed E-state index contributed by atoms with van der Waals surface area (Å²) >= 11 is 0. The van der Waals surface area contributed by atoms with Crippen molar-refractivity contribution in [1.82, 2.24) is 24.6 Å². The SMILES string of the molecule is Cc1cc(C(=O)NCCCn2cnc3ccccc32)nn1C(C)(C)C. The molecular weight excluding hydrogens is 314 g/mol. The van der Waals surface area contributed by atoms with Gasteiger partial charge in [-0.25, -0.2) is 4.98 Å². The minimum atomic E-state index is -0.134. The number of aromatic nitrogens is 4. The zero-order chi connectivity index (χ0) is 18.0. The molecule has 0 aliphatic carbocycles. The van der Waals surface area contributed by atoms with Crippen molar-refractivity contribution in [1.29, 1.82) is 0 Å². The van der Waals surface area contributed by atoms with E-state index in [0.717, 1.165) is 29.7 Å². The number of rotatable bonds is 5. The monoisotopic (exact) mass is 339 g/mol. The van der Waals surface area contributed by atoms with Gasteiger partial charge >= 0.3 is 0 Å². The van der Waals surface area contributed by atoms with Crippen molar-refractivity contribution in [3.63, 3.8) is 0 Å². The number of hydrogen-bond acceptors (Lipinski definition) is 3. The lowest BCUT2D eigenvalue weighted by atomic mass is 10.1. The predicted molar refractivity (Wildman–Crippen MR) is 98.6 cm³/mol. The van der Waals surface area contributed by atoms with Crippen LogP contribution in [0.1, 0.15) is 43.4 Å². The number of benzene rings is 1. The quantitative estimate of drug-likeness (QED) is 0.726. The highest BCUT2D eigenvalue weighted by molar-refractivity contribution is 5.92. The first-order valence-electron chi connectivity index (χ1n) is 8.61. The Morgan fingerprint density at radius 3 is 2.72 bits per heavy atom. The van der Waals surface area contributed by atoms with Gasteiger partial charge in [-0.05, 0) is 52.3 Å². The lowest BCUT2D eigenvalue weighted by molar-refractivity contribution is 0.0946. The van der Waals surface area contributed by atoms with E-state index in [1.165, 1.54) is 0 Å². The van der Waals surface area contributed by atoms with E-state index in [-0.39, 0.29) is 11.4 Å². The minimum absolute atomic E-state index is 0.124. The molecule has 132 valence electrons. The Balaban J connectivity index is 1.55. The standard InChI is InChI=1S/C19H25N5O/c1-14-12-16(22-24(14)19(2,3)4)18(25)20-10-7-11-23-13-21-15-8-5-6-9-17(15)23/h5-6,8-9,12-13H,7,10-11H2,1-4H3,(H,20,25). The molecular formula is C19H25N5O. The van der Waals surface area contributed by atoms with Gasteiger partial charge in [0.1, 0.15) is 5.69 Å². The van der Waals surface area contributed by atoms with Gasteiger partial charge in [0.2, 0.25) is 0 Å². The van der Waals surface area contributed by atoms with Crippen LogP contribution in [0.2, 0.25) is 0 Å². The predicted octanol–water partition coefficient (Wildman–Crippen LogP) is 3.12. The van der Waals surface area contributed by atoms with Crippen LogP contribution < -0.4 is 5.32 Å². The summed E-state index contributed by atoms with van der Waals surface area (Å²) in [5.74, 6) is -0.124. The van der Waals surface area contributed by atoms with Crippen LogP contribution >= 0.6 is 0 Å². The summed E-state index contributed by atoms with van der Waals surface area (Å²) in [6.45, 7) is 9.61. The van der Waals surface area contributed by atoms with Crippen molar-refractivity contribution in [2.45, 2.75) is 46.2 Å². The number of carbonyl (C=O) groups is 1. The molecule has 6 heteroatoms. The van der Waals surface area contributed by atoms with Gasteiger partial charge in [0.05, 0.1) is 22.9 Å². The number of amides is 1. The maximum atomic E-state index is 12.3. The second-order valence-electron chi connectivity index (χ2n) is 7.29. The third-order valence-electron chi connectivity index (χ3n) is 4.14. The van der Waals surface area contributed by atoms with Crippen LogP contribution in [0.5, 0.6) is 0 Å². The maximum Gasteiger partial charge on any atom is 0.271 e. The van der Waals surface area contributed by atoms with Crippen molar-refractivity contribution >= 4 is 16.9 Å². The second kappa shape index (κ2) is 6.70. The smallest absolute Gasteiger partial charge is 0.271 e. The highest BCUT2D eigenvalue weighted by Gasteiger charge is 2.19. The molecule has 0 atom stereocenters. The van der Waals surface area contributed by atoms with E-state index >= 15 is 0 Å². The summed E-state index contributed by atoms with van der Waals surface area (Å²) < 4.78 is 4.00.